The predicted molar refractivity (Wildman–Crippen MR) is 106 cm³/mol. The smallest absolute Gasteiger partial charge is 0.303 e. The molecule has 0 aromatic heterocycles. The molecule has 0 saturated carbocycles. The van der Waals surface area contributed by atoms with Crippen LogP contribution in [0.1, 0.15) is 63.9 Å². The quantitative estimate of drug-likeness (QED) is 0.620. The molecule has 0 unspecified atom stereocenters. The molecule has 1 saturated heterocycles. The summed E-state index contributed by atoms with van der Waals surface area (Å²) >= 11 is 0. The van der Waals surface area contributed by atoms with Gasteiger partial charge in [-0.05, 0) is 51.4 Å². The van der Waals surface area contributed by atoms with E-state index in [2.05, 4.69) is 30.0 Å². The zero-order chi connectivity index (χ0) is 19.1. The molecule has 5 heteroatoms. The maximum atomic E-state index is 10.7. The highest BCUT2D eigenvalue weighted by Crippen LogP contribution is 2.46. The minimum Gasteiger partial charge on any atom is -0.493 e. The van der Waals surface area contributed by atoms with Gasteiger partial charge in [0.2, 0.25) is 0 Å². The van der Waals surface area contributed by atoms with Gasteiger partial charge in [-0.15, -0.1) is 0 Å². The van der Waals surface area contributed by atoms with Gasteiger partial charge in [-0.25, -0.2) is 0 Å². The molecule has 150 valence electrons. The van der Waals surface area contributed by atoms with Crippen LogP contribution in [0.15, 0.2) is 18.2 Å². The Hall–Kier alpha value is -1.75. The number of likely N-dealkylation sites (tertiary alicyclic amines) is 1. The number of nitrogens with zero attached hydrogens (tertiary/aromatic N) is 1. The van der Waals surface area contributed by atoms with Gasteiger partial charge in [0, 0.05) is 23.5 Å². The summed E-state index contributed by atoms with van der Waals surface area (Å²) in [6.45, 7) is 6.65. The molecule has 27 heavy (non-hydrogen) atoms. The highest BCUT2D eigenvalue weighted by atomic mass is 16.5. The SMILES string of the molecule is CCCCCCOc1ccc2c(c1)OCC21CCN(CCCC(=O)O)CC1. The summed E-state index contributed by atoms with van der Waals surface area (Å²) in [5, 5.41) is 8.79. The first-order chi connectivity index (χ1) is 13.1. The summed E-state index contributed by atoms with van der Waals surface area (Å²) in [6.07, 6.45) is 7.98. The van der Waals surface area contributed by atoms with E-state index < -0.39 is 5.97 Å². The number of aliphatic carboxylic acids is 1. The number of benzene rings is 1. The molecule has 1 fully saturated rings. The van der Waals surface area contributed by atoms with Gasteiger partial charge in [0.15, 0.2) is 0 Å². The molecule has 1 aromatic carbocycles. The van der Waals surface area contributed by atoms with Crippen molar-refractivity contribution in [2.24, 2.45) is 0 Å². The van der Waals surface area contributed by atoms with Gasteiger partial charge in [0.25, 0.3) is 0 Å². The summed E-state index contributed by atoms with van der Waals surface area (Å²) in [5.41, 5.74) is 1.45. The van der Waals surface area contributed by atoms with Crippen molar-refractivity contribution in [1.82, 2.24) is 4.90 Å². The fraction of sp³-hybridized carbons (Fsp3) is 0.682. The van der Waals surface area contributed by atoms with E-state index in [-0.39, 0.29) is 11.8 Å². The van der Waals surface area contributed by atoms with Crippen LogP contribution < -0.4 is 9.47 Å². The molecule has 1 spiro atoms. The van der Waals surface area contributed by atoms with Crippen LogP contribution in [0.3, 0.4) is 0 Å². The minimum atomic E-state index is -0.704. The van der Waals surface area contributed by atoms with E-state index in [0.29, 0.717) is 0 Å². The molecular weight excluding hydrogens is 342 g/mol. The highest BCUT2D eigenvalue weighted by molar-refractivity contribution is 5.66. The molecule has 2 aliphatic rings. The van der Waals surface area contributed by atoms with Crippen LogP contribution >= 0.6 is 0 Å². The van der Waals surface area contributed by atoms with E-state index in [9.17, 15) is 4.79 Å². The molecule has 3 rings (SSSR count). The molecular formula is C22H33NO4. The summed E-state index contributed by atoms with van der Waals surface area (Å²) in [5.74, 6) is 1.19. The normalized spacial score (nSPS) is 18.3. The van der Waals surface area contributed by atoms with Crippen molar-refractivity contribution in [2.75, 3.05) is 32.8 Å². The number of rotatable bonds is 10. The lowest BCUT2D eigenvalue weighted by molar-refractivity contribution is -0.137. The summed E-state index contributed by atoms with van der Waals surface area (Å²) in [7, 11) is 0. The van der Waals surface area contributed by atoms with Crippen molar-refractivity contribution < 1.29 is 19.4 Å². The second-order valence-corrected chi connectivity index (χ2v) is 7.98. The number of carboxylic acids is 1. The van der Waals surface area contributed by atoms with Crippen molar-refractivity contribution in [2.45, 2.75) is 63.7 Å². The van der Waals surface area contributed by atoms with E-state index in [1.54, 1.807) is 0 Å². The molecule has 5 nitrogen and oxygen atoms in total. The maximum Gasteiger partial charge on any atom is 0.303 e. The third kappa shape index (κ3) is 5.16. The van der Waals surface area contributed by atoms with Crippen LogP contribution in [0.25, 0.3) is 0 Å². The molecule has 1 N–H and O–H groups in total. The Morgan fingerprint density at radius 2 is 2.04 bits per heavy atom. The highest BCUT2D eigenvalue weighted by Gasteiger charge is 2.43. The van der Waals surface area contributed by atoms with E-state index in [1.165, 1.54) is 24.8 Å². The first kappa shape index (κ1) is 20.0. The second-order valence-electron chi connectivity index (χ2n) is 7.98. The van der Waals surface area contributed by atoms with Crippen molar-refractivity contribution >= 4 is 5.97 Å². The number of carboxylic acid groups (broad SMARTS) is 1. The van der Waals surface area contributed by atoms with E-state index >= 15 is 0 Å². The summed E-state index contributed by atoms with van der Waals surface area (Å²) < 4.78 is 11.9. The van der Waals surface area contributed by atoms with Gasteiger partial charge in [0.1, 0.15) is 11.5 Å². The molecule has 0 atom stereocenters. The van der Waals surface area contributed by atoms with Crippen LogP contribution in [0.5, 0.6) is 11.5 Å². The Morgan fingerprint density at radius 3 is 2.78 bits per heavy atom. The number of piperidine rings is 1. The molecule has 2 aliphatic heterocycles. The fourth-order valence-electron chi connectivity index (χ4n) is 4.23. The van der Waals surface area contributed by atoms with E-state index in [1.807, 2.05) is 0 Å². The van der Waals surface area contributed by atoms with Crippen molar-refractivity contribution in [3.63, 3.8) is 0 Å². The molecule has 0 radical (unpaired) electrons. The van der Waals surface area contributed by atoms with Crippen LogP contribution in [0, 0.1) is 0 Å². The first-order valence-electron chi connectivity index (χ1n) is 10.5. The lowest BCUT2D eigenvalue weighted by Gasteiger charge is -2.38. The lowest BCUT2D eigenvalue weighted by Crippen LogP contribution is -2.43. The van der Waals surface area contributed by atoms with Gasteiger partial charge in [-0.2, -0.15) is 0 Å². The average molecular weight is 376 g/mol. The summed E-state index contributed by atoms with van der Waals surface area (Å²) in [4.78, 5) is 13.1. The van der Waals surface area contributed by atoms with Gasteiger partial charge in [-0.1, -0.05) is 32.3 Å². The zero-order valence-corrected chi connectivity index (χ0v) is 16.5. The van der Waals surface area contributed by atoms with Crippen molar-refractivity contribution in [1.29, 1.82) is 0 Å². The van der Waals surface area contributed by atoms with Crippen molar-refractivity contribution in [3.05, 3.63) is 23.8 Å². The van der Waals surface area contributed by atoms with Gasteiger partial charge in [-0.3, -0.25) is 4.79 Å². The fourth-order valence-corrected chi connectivity index (χ4v) is 4.23. The summed E-state index contributed by atoms with van der Waals surface area (Å²) in [6, 6.07) is 6.35. The molecule has 2 heterocycles. The van der Waals surface area contributed by atoms with Crippen molar-refractivity contribution in [3.8, 4) is 11.5 Å². The Labute approximate surface area is 162 Å². The standard InChI is InChI=1S/C22H33NO4/c1-2-3-4-5-15-26-18-8-9-19-20(16-18)27-17-22(19)10-13-23(14-11-22)12-6-7-21(24)25/h8-9,16H,2-7,10-15,17H2,1H3,(H,24,25). The average Bonchev–Trinajstić information content (AvgIpc) is 3.01. The third-order valence-corrected chi connectivity index (χ3v) is 5.97. The predicted octanol–water partition coefficient (Wildman–Crippen LogP) is 4.24. The maximum absolute atomic E-state index is 10.7. The number of carbonyl (C=O) groups is 1. The first-order valence-corrected chi connectivity index (χ1v) is 10.5. The monoisotopic (exact) mass is 375 g/mol. The van der Waals surface area contributed by atoms with Gasteiger partial charge in [0.05, 0.1) is 13.2 Å². The lowest BCUT2D eigenvalue weighted by atomic mass is 9.74. The van der Waals surface area contributed by atoms with Crippen LogP contribution in [-0.4, -0.2) is 48.8 Å². The Kier molecular flexibility index (Phi) is 7.00. The number of unbranched alkanes of at least 4 members (excludes halogenated alkanes) is 3. The Balaban J connectivity index is 1.50. The van der Waals surface area contributed by atoms with Gasteiger partial charge >= 0.3 is 5.97 Å². The Morgan fingerprint density at radius 1 is 1.22 bits per heavy atom. The van der Waals surface area contributed by atoms with Gasteiger partial charge < -0.3 is 19.5 Å². The molecule has 1 aromatic rings. The number of fused-ring (bicyclic) bond motifs is 2. The van der Waals surface area contributed by atoms with E-state index in [0.717, 1.165) is 70.0 Å². The molecule has 0 bridgehead atoms. The van der Waals surface area contributed by atoms with Crippen LogP contribution in [-0.2, 0) is 10.2 Å². The van der Waals surface area contributed by atoms with Crippen LogP contribution in [0.2, 0.25) is 0 Å². The Bertz CT molecular complexity index is 623. The molecule has 0 amide bonds. The topological polar surface area (TPSA) is 59.0 Å². The van der Waals surface area contributed by atoms with Crippen LogP contribution in [0.4, 0.5) is 0 Å². The molecule has 0 aliphatic carbocycles. The number of hydrogen-bond acceptors (Lipinski definition) is 4. The minimum absolute atomic E-state index is 0.123. The zero-order valence-electron chi connectivity index (χ0n) is 16.5. The number of ether oxygens (including phenoxy) is 2. The second kappa shape index (κ2) is 9.45. The third-order valence-electron chi connectivity index (χ3n) is 5.97. The number of hydrogen-bond donors (Lipinski definition) is 1. The van der Waals surface area contributed by atoms with E-state index in [4.69, 9.17) is 14.6 Å². The largest absolute Gasteiger partial charge is 0.493 e.